The predicted octanol–water partition coefficient (Wildman–Crippen LogP) is 4.85. The van der Waals surface area contributed by atoms with Crippen molar-refractivity contribution >= 4 is 22.1 Å². The number of carbonyl (C=O) groups excluding carboxylic acids is 1. The Labute approximate surface area is 217 Å². The molecule has 0 fully saturated rings. The molecule has 1 N–H and O–H groups in total. The van der Waals surface area contributed by atoms with Crippen molar-refractivity contribution in [3.63, 3.8) is 0 Å². The Morgan fingerprint density at radius 1 is 0.811 bits per heavy atom. The number of methoxy groups -OCH3 is 1. The smallest absolute Gasteiger partial charge is 0.271 e. The van der Waals surface area contributed by atoms with Gasteiger partial charge < -0.3 is 4.74 Å². The minimum absolute atomic E-state index is 0.136. The molecule has 0 spiro atoms. The largest absolute Gasteiger partial charge is 0.497 e. The molecule has 4 rings (SSSR count). The third-order valence-electron chi connectivity index (χ3n) is 5.65. The van der Waals surface area contributed by atoms with E-state index in [1.54, 1.807) is 42.6 Å². The molecule has 4 aromatic carbocycles. The molecule has 188 valence electrons. The van der Waals surface area contributed by atoms with Crippen molar-refractivity contribution in [2.45, 2.75) is 18.0 Å². The third-order valence-corrected chi connectivity index (χ3v) is 7.46. The normalized spacial score (nSPS) is 11.5. The number of sulfonamides is 1. The predicted molar refractivity (Wildman–Crippen MR) is 144 cm³/mol. The van der Waals surface area contributed by atoms with Gasteiger partial charge in [0.2, 0.25) is 10.0 Å². The van der Waals surface area contributed by atoms with Gasteiger partial charge in [-0.1, -0.05) is 72.8 Å². The molecule has 0 aliphatic heterocycles. The van der Waals surface area contributed by atoms with Crippen LogP contribution in [0.15, 0.2) is 119 Å². The first-order valence-electron chi connectivity index (χ1n) is 11.6. The molecule has 0 saturated carbocycles. The number of nitrogens with zero attached hydrogens (tertiary/aromatic N) is 2. The van der Waals surface area contributed by atoms with Gasteiger partial charge in [0.25, 0.3) is 5.91 Å². The van der Waals surface area contributed by atoms with Gasteiger partial charge >= 0.3 is 0 Å². The molecule has 0 aliphatic rings. The van der Waals surface area contributed by atoms with Crippen molar-refractivity contribution in [3.8, 4) is 5.75 Å². The lowest BCUT2D eigenvalue weighted by Crippen LogP contribution is -2.30. The highest BCUT2D eigenvalue weighted by molar-refractivity contribution is 7.89. The molecule has 4 aromatic rings. The van der Waals surface area contributed by atoms with Crippen LogP contribution in [-0.4, -0.2) is 32.0 Å². The highest BCUT2D eigenvalue weighted by Gasteiger charge is 2.25. The van der Waals surface area contributed by atoms with Crippen LogP contribution in [0.1, 0.15) is 27.0 Å². The molecule has 8 heteroatoms. The SMILES string of the molecule is COc1ccc(S(=O)(=O)N(Cc2ccccc2)Cc2ccc(C(=O)NN=Cc3ccccc3)cc2)cc1. The van der Waals surface area contributed by atoms with Crippen LogP contribution in [0.25, 0.3) is 0 Å². The van der Waals surface area contributed by atoms with Gasteiger partial charge in [0.05, 0.1) is 18.2 Å². The monoisotopic (exact) mass is 513 g/mol. The first-order chi connectivity index (χ1) is 18.0. The maximum atomic E-state index is 13.6. The molecule has 0 heterocycles. The van der Waals surface area contributed by atoms with Crippen LogP contribution < -0.4 is 10.2 Å². The van der Waals surface area contributed by atoms with Crippen LogP contribution in [0.4, 0.5) is 0 Å². The van der Waals surface area contributed by atoms with E-state index in [1.807, 2.05) is 60.7 Å². The molecule has 0 aromatic heterocycles. The summed E-state index contributed by atoms with van der Waals surface area (Å²) >= 11 is 0. The maximum Gasteiger partial charge on any atom is 0.271 e. The van der Waals surface area contributed by atoms with Crippen LogP contribution in [0, 0.1) is 0 Å². The Kier molecular flexibility index (Phi) is 8.45. The molecule has 7 nitrogen and oxygen atoms in total. The van der Waals surface area contributed by atoms with E-state index in [-0.39, 0.29) is 23.9 Å². The fraction of sp³-hybridized carbons (Fsp3) is 0.103. The number of ether oxygens (including phenoxy) is 1. The number of nitrogens with one attached hydrogen (secondary N) is 1. The maximum absolute atomic E-state index is 13.6. The van der Waals surface area contributed by atoms with Gasteiger partial charge in [-0.2, -0.15) is 9.41 Å². The van der Waals surface area contributed by atoms with Gasteiger partial charge in [-0.25, -0.2) is 13.8 Å². The number of benzene rings is 4. The second-order valence-corrected chi connectivity index (χ2v) is 10.2. The standard InChI is InChI=1S/C29H27N3O4S/c1-36-27-16-18-28(19-17-27)37(34,35)32(21-24-10-6-3-7-11-24)22-25-12-14-26(15-13-25)29(33)31-30-20-23-8-4-2-5-9-23/h2-20H,21-22H2,1H3,(H,31,33). The van der Waals surface area contributed by atoms with Gasteiger partial charge in [-0.3, -0.25) is 4.79 Å². The van der Waals surface area contributed by atoms with E-state index >= 15 is 0 Å². The van der Waals surface area contributed by atoms with Crippen LogP contribution in [0.2, 0.25) is 0 Å². The van der Waals surface area contributed by atoms with Gasteiger partial charge in [0.15, 0.2) is 0 Å². The van der Waals surface area contributed by atoms with Crippen molar-refractivity contribution in [1.82, 2.24) is 9.73 Å². The van der Waals surface area contributed by atoms with Crippen LogP contribution in [-0.2, 0) is 23.1 Å². The van der Waals surface area contributed by atoms with E-state index < -0.39 is 10.0 Å². The summed E-state index contributed by atoms with van der Waals surface area (Å²) in [5.41, 5.74) is 5.41. The van der Waals surface area contributed by atoms with Crippen LogP contribution in [0.5, 0.6) is 5.75 Å². The molecule has 0 atom stereocenters. The average Bonchev–Trinajstić information content (AvgIpc) is 2.94. The molecule has 0 aliphatic carbocycles. The summed E-state index contributed by atoms with van der Waals surface area (Å²) in [5, 5.41) is 3.99. The fourth-order valence-corrected chi connectivity index (χ4v) is 5.06. The van der Waals surface area contributed by atoms with Crippen LogP contribution >= 0.6 is 0 Å². The molecule has 37 heavy (non-hydrogen) atoms. The summed E-state index contributed by atoms with van der Waals surface area (Å²) in [7, 11) is -2.28. The first kappa shape index (κ1) is 25.8. The third kappa shape index (κ3) is 6.91. The van der Waals surface area contributed by atoms with E-state index in [1.165, 1.54) is 23.5 Å². The van der Waals surface area contributed by atoms with E-state index in [9.17, 15) is 13.2 Å². The Morgan fingerprint density at radius 2 is 1.38 bits per heavy atom. The minimum atomic E-state index is -3.81. The molecule has 0 unspecified atom stereocenters. The number of amides is 1. The Hall–Kier alpha value is -4.27. The zero-order valence-corrected chi connectivity index (χ0v) is 21.1. The Morgan fingerprint density at radius 3 is 1.97 bits per heavy atom. The fourth-order valence-electron chi connectivity index (χ4n) is 3.64. The highest BCUT2D eigenvalue weighted by Crippen LogP contribution is 2.23. The first-order valence-corrected chi connectivity index (χ1v) is 13.1. The average molecular weight is 514 g/mol. The molecule has 0 bridgehead atoms. The lowest BCUT2D eigenvalue weighted by Gasteiger charge is -2.23. The van der Waals surface area contributed by atoms with Gasteiger partial charge in [0, 0.05) is 18.7 Å². The van der Waals surface area contributed by atoms with Gasteiger partial charge in [-0.15, -0.1) is 0 Å². The van der Waals surface area contributed by atoms with E-state index in [4.69, 9.17) is 4.74 Å². The number of carbonyl (C=O) groups is 1. The van der Waals surface area contributed by atoms with E-state index in [0.29, 0.717) is 11.3 Å². The molecule has 0 radical (unpaired) electrons. The van der Waals surface area contributed by atoms with Crippen molar-refractivity contribution in [3.05, 3.63) is 131 Å². The highest BCUT2D eigenvalue weighted by atomic mass is 32.2. The number of hydrazone groups is 1. The summed E-state index contributed by atoms with van der Waals surface area (Å²) in [6.45, 7) is 0.336. The zero-order valence-electron chi connectivity index (χ0n) is 20.3. The zero-order chi connectivity index (χ0) is 26.1. The molecular weight excluding hydrogens is 486 g/mol. The summed E-state index contributed by atoms with van der Waals surface area (Å²) in [4.78, 5) is 12.6. The van der Waals surface area contributed by atoms with Gasteiger partial charge in [0.1, 0.15) is 5.75 Å². The van der Waals surface area contributed by atoms with Crippen molar-refractivity contribution < 1.29 is 17.9 Å². The second kappa shape index (κ2) is 12.1. The minimum Gasteiger partial charge on any atom is -0.497 e. The number of rotatable bonds is 10. The van der Waals surface area contributed by atoms with Gasteiger partial charge in [-0.05, 0) is 53.1 Å². The lowest BCUT2D eigenvalue weighted by molar-refractivity contribution is 0.0955. The molecule has 1 amide bonds. The summed E-state index contributed by atoms with van der Waals surface area (Å²) < 4.78 is 33.7. The van der Waals surface area contributed by atoms with Crippen molar-refractivity contribution in [2.75, 3.05) is 7.11 Å². The Balaban J connectivity index is 1.50. The quantitative estimate of drug-likeness (QED) is 0.243. The molecule has 0 saturated heterocycles. The second-order valence-electron chi connectivity index (χ2n) is 8.24. The topological polar surface area (TPSA) is 88.1 Å². The van der Waals surface area contributed by atoms with Crippen molar-refractivity contribution in [1.29, 1.82) is 0 Å². The molecular formula is C29H27N3O4S. The van der Waals surface area contributed by atoms with E-state index in [0.717, 1.165) is 16.7 Å². The summed E-state index contributed by atoms with van der Waals surface area (Å²) in [5.74, 6) is 0.223. The Bertz CT molecular complexity index is 1440. The van der Waals surface area contributed by atoms with E-state index in [2.05, 4.69) is 10.5 Å². The van der Waals surface area contributed by atoms with Crippen LogP contribution in [0.3, 0.4) is 0 Å². The summed E-state index contributed by atoms with van der Waals surface area (Å²) in [6.07, 6.45) is 1.57. The lowest BCUT2D eigenvalue weighted by atomic mass is 10.1. The number of hydrogen-bond acceptors (Lipinski definition) is 5. The summed E-state index contributed by atoms with van der Waals surface area (Å²) in [6, 6.07) is 32.0. The van der Waals surface area contributed by atoms with Crippen molar-refractivity contribution in [2.24, 2.45) is 5.10 Å². The number of hydrogen-bond donors (Lipinski definition) is 1.